The molecule has 0 bridgehead atoms. The highest BCUT2D eigenvalue weighted by Crippen LogP contribution is 2.20. The van der Waals surface area contributed by atoms with Crippen LogP contribution in [-0.2, 0) is 13.0 Å². The number of aryl methyl sites for hydroxylation is 1. The van der Waals surface area contributed by atoms with Gasteiger partial charge in [-0.05, 0) is 6.92 Å². The summed E-state index contributed by atoms with van der Waals surface area (Å²) in [7, 11) is 0. The summed E-state index contributed by atoms with van der Waals surface area (Å²) in [5, 5.41) is 8.47. The van der Waals surface area contributed by atoms with Gasteiger partial charge in [0.1, 0.15) is 12.2 Å². The maximum Gasteiger partial charge on any atom is 0.138 e. The van der Waals surface area contributed by atoms with Crippen molar-refractivity contribution in [3.8, 4) is 0 Å². The molecule has 104 valence electrons. The van der Waals surface area contributed by atoms with E-state index in [0.29, 0.717) is 6.42 Å². The van der Waals surface area contributed by atoms with E-state index in [4.69, 9.17) is 5.84 Å². The van der Waals surface area contributed by atoms with Crippen molar-refractivity contribution < 1.29 is 0 Å². The van der Waals surface area contributed by atoms with Crippen LogP contribution in [0.15, 0.2) is 31.1 Å². The van der Waals surface area contributed by atoms with Crippen LogP contribution in [0, 0.1) is 0 Å². The first-order chi connectivity index (χ1) is 9.83. The summed E-state index contributed by atoms with van der Waals surface area (Å²) in [5.41, 5.74) is 4.74. The number of nitrogens with one attached hydrogen (secondary N) is 1. The first-order valence-electron chi connectivity index (χ1n) is 6.43. The van der Waals surface area contributed by atoms with Gasteiger partial charge in [-0.2, -0.15) is 10.2 Å². The Hall–Kier alpha value is -2.32. The second-order valence-corrected chi connectivity index (χ2v) is 4.42. The average molecular weight is 272 g/mol. The van der Waals surface area contributed by atoms with E-state index >= 15 is 0 Å². The van der Waals surface area contributed by atoms with Crippen molar-refractivity contribution in [1.29, 1.82) is 0 Å². The standard InChI is InChI=1S/C12H16N8/c1-2-19-12(15-8-17-19)5-10(18-13)9-6-16-20-4-3-14-7-11(9)20/h3-4,6-8,10,18H,2,5,13H2,1H3. The average Bonchev–Trinajstić information content (AvgIpc) is 3.11. The summed E-state index contributed by atoms with van der Waals surface area (Å²) < 4.78 is 3.63. The Balaban J connectivity index is 1.94. The molecule has 0 aliphatic rings. The van der Waals surface area contributed by atoms with Gasteiger partial charge in [-0.15, -0.1) is 0 Å². The Morgan fingerprint density at radius 1 is 1.35 bits per heavy atom. The quantitative estimate of drug-likeness (QED) is 0.504. The van der Waals surface area contributed by atoms with Crippen molar-refractivity contribution in [2.24, 2.45) is 5.84 Å². The molecule has 0 fully saturated rings. The van der Waals surface area contributed by atoms with E-state index in [-0.39, 0.29) is 6.04 Å². The van der Waals surface area contributed by atoms with Crippen molar-refractivity contribution in [3.05, 3.63) is 42.5 Å². The summed E-state index contributed by atoms with van der Waals surface area (Å²) >= 11 is 0. The van der Waals surface area contributed by atoms with Gasteiger partial charge in [0.15, 0.2) is 0 Å². The molecular weight excluding hydrogens is 256 g/mol. The number of aromatic nitrogens is 6. The molecule has 8 nitrogen and oxygen atoms in total. The third-order valence-corrected chi connectivity index (χ3v) is 3.31. The van der Waals surface area contributed by atoms with Gasteiger partial charge in [-0.1, -0.05) is 0 Å². The minimum Gasteiger partial charge on any atom is -0.271 e. The zero-order chi connectivity index (χ0) is 13.9. The van der Waals surface area contributed by atoms with E-state index in [1.807, 2.05) is 11.6 Å². The summed E-state index contributed by atoms with van der Waals surface area (Å²) in [6, 6.07) is -0.0915. The Bertz CT molecular complexity index is 700. The number of hydrogen-bond acceptors (Lipinski definition) is 6. The second-order valence-electron chi connectivity index (χ2n) is 4.42. The van der Waals surface area contributed by atoms with Gasteiger partial charge in [0, 0.05) is 30.9 Å². The molecular formula is C12H16N8. The minimum atomic E-state index is -0.0915. The Morgan fingerprint density at radius 2 is 2.25 bits per heavy atom. The van der Waals surface area contributed by atoms with Crippen LogP contribution in [0.25, 0.3) is 5.52 Å². The van der Waals surface area contributed by atoms with E-state index in [1.165, 1.54) is 0 Å². The normalized spacial score (nSPS) is 12.9. The molecule has 0 aliphatic heterocycles. The van der Waals surface area contributed by atoms with Crippen LogP contribution in [-0.4, -0.2) is 29.4 Å². The molecule has 1 unspecified atom stereocenters. The van der Waals surface area contributed by atoms with Gasteiger partial charge in [0.2, 0.25) is 0 Å². The fourth-order valence-corrected chi connectivity index (χ4v) is 2.27. The van der Waals surface area contributed by atoms with Crippen molar-refractivity contribution >= 4 is 5.52 Å². The number of fused-ring (bicyclic) bond motifs is 1. The highest BCUT2D eigenvalue weighted by Gasteiger charge is 2.18. The number of nitrogens with two attached hydrogens (primary N) is 1. The van der Waals surface area contributed by atoms with E-state index in [0.717, 1.165) is 23.4 Å². The number of nitrogens with zero attached hydrogens (tertiary/aromatic N) is 6. The molecule has 1 atom stereocenters. The molecule has 0 amide bonds. The van der Waals surface area contributed by atoms with Crippen molar-refractivity contribution in [2.45, 2.75) is 25.9 Å². The number of rotatable bonds is 5. The molecule has 0 saturated carbocycles. The van der Waals surface area contributed by atoms with Gasteiger partial charge < -0.3 is 0 Å². The Labute approximate surface area is 115 Å². The SMILES string of the molecule is CCn1ncnc1CC(NN)c1cnn2ccncc12. The molecule has 3 rings (SSSR count). The van der Waals surface area contributed by atoms with Crippen LogP contribution in [0.2, 0.25) is 0 Å². The third kappa shape index (κ3) is 2.15. The highest BCUT2D eigenvalue weighted by atomic mass is 15.3. The summed E-state index contributed by atoms with van der Waals surface area (Å²) in [6.07, 6.45) is 9.28. The second kappa shape index (κ2) is 5.35. The van der Waals surface area contributed by atoms with E-state index < -0.39 is 0 Å². The Morgan fingerprint density at radius 3 is 3.05 bits per heavy atom. The fourth-order valence-electron chi connectivity index (χ4n) is 2.27. The molecule has 0 spiro atoms. The van der Waals surface area contributed by atoms with Gasteiger partial charge in [0.05, 0.1) is 24.0 Å². The first kappa shape index (κ1) is 12.7. The van der Waals surface area contributed by atoms with Crippen LogP contribution >= 0.6 is 0 Å². The smallest absolute Gasteiger partial charge is 0.138 e. The zero-order valence-corrected chi connectivity index (χ0v) is 11.1. The van der Waals surface area contributed by atoms with Gasteiger partial charge in [-0.25, -0.2) is 9.50 Å². The van der Waals surface area contributed by atoms with Crippen molar-refractivity contribution in [3.63, 3.8) is 0 Å². The lowest BCUT2D eigenvalue weighted by atomic mass is 10.1. The molecule has 20 heavy (non-hydrogen) atoms. The van der Waals surface area contributed by atoms with Crippen molar-refractivity contribution in [1.82, 2.24) is 34.8 Å². The maximum atomic E-state index is 5.70. The predicted molar refractivity (Wildman–Crippen MR) is 72.5 cm³/mol. The molecule has 3 aromatic rings. The summed E-state index contributed by atoms with van der Waals surface area (Å²) in [6.45, 7) is 2.81. The lowest BCUT2D eigenvalue weighted by Gasteiger charge is -2.14. The van der Waals surface area contributed by atoms with E-state index in [1.54, 1.807) is 35.6 Å². The van der Waals surface area contributed by atoms with Crippen molar-refractivity contribution in [2.75, 3.05) is 0 Å². The molecule has 3 aromatic heterocycles. The predicted octanol–water partition coefficient (Wildman–Crippen LogP) is 0.0878. The molecule has 3 heterocycles. The molecule has 0 aromatic carbocycles. The largest absolute Gasteiger partial charge is 0.271 e. The van der Waals surface area contributed by atoms with Crippen LogP contribution in [0.3, 0.4) is 0 Å². The van der Waals surface area contributed by atoms with E-state index in [2.05, 4.69) is 25.6 Å². The zero-order valence-electron chi connectivity index (χ0n) is 11.1. The molecule has 8 heteroatoms. The monoisotopic (exact) mass is 272 g/mol. The third-order valence-electron chi connectivity index (χ3n) is 3.31. The van der Waals surface area contributed by atoms with Crippen LogP contribution < -0.4 is 11.3 Å². The number of hydrogen-bond donors (Lipinski definition) is 2. The van der Waals surface area contributed by atoms with Gasteiger partial charge in [0.25, 0.3) is 0 Å². The van der Waals surface area contributed by atoms with Crippen LogP contribution in [0.4, 0.5) is 0 Å². The lowest BCUT2D eigenvalue weighted by Crippen LogP contribution is -2.30. The fraction of sp³-hybridized carbons (Fsp3) is 0.333. The van der Waals surface area contributed by atoms with Gasteiger partial charge in [-0.3, -0.25) is 20.9 Å². The summed E-state index contributed by atoms with van der Waals surface area (Å²) in [5.74, 6) is 6.59. The van der Waals surface area contributed by atoms with Gasteiger partial charge >= 0.3 is 0 Å². The topological polar surface area (TPSA) is 99.0 Å². The lowest BCUT2D eigenvalue weighted by molar-refractivity contribution is 0.512. The maximum absolute atomic E-state index is 5.70. The minimum absolute atomic E-state index is 0.0915. The molecule has 0 radical (unpaired) electrons. The molecule has 3 N–H and O–H groups in total. The molecule has 0 aliphatic carbocycles. The first-order valence-corrected chi connectivity index (χ1v) is 6.43. The highest BCUT2D eigenvalue weighted by molar-refractivity contribution is 5.53. The Kier molecular flexibility index (Phi) is 3.40. The summed E-state index contributed by atoms with van der Waals surface area (Å²) in [4.78, 5) is 8.41. The van der Waals surface area contributed by atoms with Crippen LogP contribution in [0.5, 0.6) is 0 Å². The van der Waals surface area contributed by atoms with E-state index in [9.17, 15) is 0 Å². The molecule has 0 saturated heterocycles. The number of hydrazine groups is 1. The van der Waals surface area contributed by atoms with Crippen LogP contribution in [0.1, 0.15) is 24.4 Å².